The van der Waals surface area contributed by atoms with E-state index in [1.807, 2.05) is 0 Å². The standard InChI is InChI=1S/C12H16N4O4S2/c1-8-12(9(2)14-13-8)22(19,20)16-11-7-5-4-6-10(11)15-21(3,17)18/h4-7,15-16H,1-3H3,(H,13,14). The number of benzene rings is 1. The molecule has 0 saturated heterocycles. The van der Waals surface area contributed by atoms with E-state index in [-0.39, 0.29) is 16.3 Å². The van der Waals surface area contributed by atoms with E-state index in [1.165, 1.54) is 12.1 Å². The van der Waals surface area contributed by atoms with Crippen LogP contribution in [0.4, 0.5) is 11.4 Å². The van der Waals surface area contributed by atoms with Crippen molar-refractivity contribution in [3.63, 3.8) is 0 Å². The number of hydrogen-bond acceptors (Lipinski definition) is 5. The highest BCUT2D eigenvalue weighted by atomic mass is 32.2. The lowest BCUT2D eigenvalue weighted by Crippen LogP contribution is -2.17. The fourth-order valence-electron chi connectivity index (χ4n) is 1.99. The van der Waals surface area contributed by atoms with Crippen LogP contribution in [-0.4, -0.2) is 33.3 Å². The fraction of sp³-hybridized carbons (Fsp3) is 0.250. The maximum Gasteiger partial charge on any atom is 0.265 e. The van der Waals surface area contributed by atoms with Gasteiger partial charge in [-0.25, -0.2) is 16.8 Å². The van der Waals surface area contributed by atoms with Gasteiger partial charge in [-0.1, -0.05) is 12.1 Å². The number of para-hydroxylation sites is 2. The number of rotatable bonds is 5. The van der Waals surface area contributed by atoms with Gasteiger partial charge in [-0.2, -0.15) is 5.10 Å². The summed E-state index contributed by atoms with van der Waals surface area (Å²) in [5, 5.41) is 6.45. The number of nitrogens with zero attached hydrogens (tertiary/aromatic N) is 1. The number of anilines is 2. The van der Waals surface area contributed by atoms with E-state index < -0.39 is 20.0 Å². The molecule has 0 spiro atoms. The van der Waals surface area contributed by atoms with Crippen molar-refractivity contribution >= 4 is 31.4 Å². The van der Waals surface area contributed by atoms with Crippen LogP contribution in [0.5, 0.6) is 0 Å². The Bertz CT molecular complexity index is 881. The van der Waals surface area contributed by atoms with Crippen molar-refractivity contribution < 1.29 is 16.8 Å². The van der Waals surface area contributed by atoms with E-state index in [0.29, 0.717) is 11.4 Å². The average molecular weight is 344 g/mol. The predicted molar refractivity (Wildman–Crippen MR) is 83.8 cm³/mol. The minimum Gasteiger partial charge on any atom is -0.282 e. The summed E-state index contributed by atoms with van der Waals surface area (Å²) in [6.45, 7) is 3.16. The van der Waals surface area contributed by atoms with Crippen LogP contribution in [0, 0.1) is 13.8 Å². The molecule has 22 heavy (non-hydrogen) atoms. The van der Waals surface area contributed by atoms with Gasteiger partial charge in [-0.3, -0.25) is 14.5 Å². The van der Waals surface area contributed by atoms with Gasteiger partial charge in [0.2, 0.25) is 10.0 Å². The van der Waals surface area contributed by atoms with Crippen LogP contribution in [0.3, 0.4) is 0 Å². The summed E-state index contributed by atoms with van der Waals surface area (Å²) in [7, 11) is -7.42. The third-order valence-electron chi connectivity index (χ3n) is 2.80. The van der Waals surface area contributed by atoms with E-state index in [0.717, 1.165) is 6.26 Å². The molecule has 1 aromatic heterocycles. The molecule has 0 amide bonds. The van der Waals surface area contributed by atoms with Gasteiger partial charge in [0.1, 0.15) is 4.90 Å². The highest BCUT2D eigenvalue weighted by Gasteiger charge is 2.23. The number of aromatic nitrogens is 2. The van der Waals surface area contributed by atoms with E-state index in [9.17, 15) is 16.8 Å². The molecule has 0 fully saturated rings. The number of nitrogens with one attached hydrogen (secondary N) is 3. The molecule has 0 atom stereocenters. The number of aromatic amines is 1. The Balaban J connectivity index is 2.43. The highest BCUT2D eigenvalue weighted by Crippen LogP contribution is 2.26. The molecule has 0 bridgehead atoms. The Labute approximate surface area is 129 Å². The van der Waals surface area contributed by atoms with Crippen LogP contribution in [0.15, 0.2) is 29.2 Å². The summed E-state index contributed by atoms with van der Waals surface area (Å²) in [6, 6.07) is 6.13. The van der Waals surface area contributed by atoms with Gasteiger partial charge >= 0.3 is 0 Å². The third-order valence-corrected chi connectivity index (χ3v) is 5.01. The van der Waals surface area contributed by atoms with Crippen molar-refractivity contribution in [1.29, 1.82) is 0 Å². The van der Waals surface area contributed by atoms with Gasteiger partial charge in [0.05, 0.1) is 29.0 Å². The molecule has 0 aliphatic carbocycles. The quantitative estimate of drug-likeness (QED) is 0.752. The van der Waals surface area contributed by atoms with E-state index >= 15 is 0 Å². The molecule has 2 aromatic rings. The van der Waals surface area contributed by atoms with E-state index in [4.69, 9.17) is 0 Å². The van der Waals surface area contributed by atoms with Gasteiger partial charge in [-0.15, -0.1) is 0 Å². The average Bonchev–Trinajstić information content (AvgIpc) is 2.70. The molecule has 8 nitrogen and oxygen atoms in total. The number of aryl methyl sites for hydroxylation is 2. The topological polar surface area (TPSA) is 121 Å². The first-order valence-electron chi connectivity index (χ1n) is 6.21. The first-order chi connectivity index (χ1) is 10.1. The molecule has 2 rings (SSSR count). The lowest BCUT2D eigenvalue weighted by atomic mass is 10.3. The summed E-state index contributed by atoms with van der Waals surface area (Å²) in [6.07, 6.45) is 0.989. The third kappa shape index (κ3) is 3.57. The first kappa shape index (κ1) is 16.3. The van der Waals surface area contributed by atoms with Gasteiger partial charge < -0.3 is 0 Å². The lowest BCUT2D eigenvalue weighted by Gasteiger charge is -2.13. The minimum absolute atomic E-state index is 0.0432. The largest absolute Gasteiger partial charge is 0.282 e. The van der Waals surface area contributed by atoms with Crippen molar-refractivity contribution in [2.24, 2.45) is 0 Å². The van der Waals surface area contributed by atoms with Gasteiger partial charge in [0, 0.05) is 0 Å². The zero-order valence-electron chi connectivity index (χ0n) is 12.2. The van der Waals surface area contributed by atoms with Crippen molar-refractivity contribution in [2.75, 3.05) is 15.7 Å². The molecule has 0 aliphatic heterocycles. The lowest BCUT2D eigenvalue weighted by molar-refractivity contribution is 0.599. The van der Waals surface area contributed by atoms with Crippen molar-refractivity contribution in [2.45, 2.75) is 18.7 Å². The van der Waals surface area contributed by atoms with Crippen LogP contribution < -0.4 is 9.44 Å². The zero-order valence-corrected chi connectivity index (χ0v) is 13.8. The molecule has 1 aromatic carbocycles. The molecular formula is C12H16N4O4S2. The smallest absolute Gasteiger partial charge is 0.265 e. The molecule has 0 aliphatic rings. The van der Waals surface area contributed by atoms with Crippen molar-refractivity contribution in [3.05, 3.63) is 35.7 Å². The summed E-state index contributed by atoms with van der Waals surface area (Å²) >= 11 is 0. The maximum absolute atomic E-state index is 12.5. The Morgan fingerprint density at radius 3 is 2.00 bits per heavy atom. The minimum atomic E-state index is -3.89. The SMILES string of the molecule is Cc1n[nH]c(C)c1S(=O)(=O)Nc1ccccc1NS(C)(=O)=O. The summed E-state index contributed by atoms with van der Waals surface area (Å²) in [4.78, 5) is 0.0432. The Hall–Kier alpha value is -2.07. The Morgan fingerprint density at radius 1 is 1.00 bits per heavy atom. The van der Waals surface area contributed by atoms with Crippen LogP contribution in [0.2, 0.25) is 0 Å². The molecule has 3 N–H and O–H groups in total. The molecule has 120 valence electrons. The first-order valence-corrected chi connectivity index (χ1v) is 9.59. The number of H-pyrrole nitrogens is 1. The summed E-state index contributed by atoms with van der Waals surface area (Å²) < 4.78 is 52.3. The maximum atomic E-state index is 12.5. The second-order valence-corrected chi connectivity index (χ2v) is 8.16. The highest BCUT2D eigenvalue weighted by molar-refractivity contribution is 7.93. The van der Waals surface area contributed by atoms with Crippen molar-refractivity contribution in [3.8, 4) is 0 Å². The van der Waals surface area contributed by atoms with Crippen LogP contribution in [0.1, 0.15) is 11.4 Å². The second-order valence-electron chi connectivity index (χ2n) is 4.79. The van der Waals surface area contributed by atoms with Gasteiger partial charge in [0.15, 0.2) is 0 Å². The predicted octanol–water partition coefficient (Wildman–Crippen LogP) is 1.20. The number of sulfonamides is 2. The van der Waals surface area contributed by atoms with Crippen molar-refractivity contribution in [1.82, 2.24) is 10.2 Å². The Kier molecular flexibility index (Phi) is 4.16. The second kappa shape index (κ2) is 5.61. The van der Waals surface area contributed by atoms with Gasteiger partial charge in [-0.05, 0) is 26.0 Å². The fourth-order valence-corrected chi connectivity index (χ4v) is 4.02. The van der Waals surface area contributed by atoms with E-state index in [2.05, 4.69) is 19.6 Å². The molecule has 0 unspecified atom stereocenters. The van der Waals surface area contributed by atoms with Gasteiger partial charge in [0.25, 0.3) is 10.0 Å². The summed E-state index contributed by atoms with van der Waals surface area (Å²) in [5.74, 6) is 0. The van der Waals surface area contributed by atoms with Crippen LogP contribution in [0.25, 0.3) is 0 Å². The molecule has 10 heteroatoms. The Morgan fingerprint density at radius 2 is 1.55 bits per heavy atom. The normalized spacial score (nSPS) is 12.1. The van der Waals surface area contributed by atoms with Crippen LogP contribution in [-0.2, 0) is 20.0 Å². The summed E-state index contributed by atoms with van der Waals surface area (Å²) in [5.41, 5.74) is 1.01. The van der Waals surface area contributed by atoms with E-state index in [1.54, 1.807) is 26.0 Å². The molecular weight excluding hydrogens is 328 g/mol. The molecule has 1 heterocycles. The zero-order chi connectivity index (χ0) is 16.5. The van der Waals surface area contributed by atoms with Crippen LogP contribution >= 0.6 is 0 Å². The molecule has 0 radical (unpaired) electrons. The molecule has 0 saturated carbocycles. The number of hydrogen-bond donors (Lipinski definition) is 3. The monoisotopic (exact) mass is 344 g/mol.